The number of ketones is 2. The molecule has 0 saturated heterocycles. The second-order valence-corrected chi connectivity index (χ2v) is 21.5. The molecule has 4 unspecified atom stereocenters. The summed E-state index contributed by atoms with van der Waals surface area (Å²) in [6.45, 7) is 11.0. The third kappa shape index (κ3) is 21.1. The number of aliphatic carboxylic acids is 3. The first-order valence-corrected chi connectivity index (χ1v) is 28.7. The number of carbonyl (C=O) groups excluding carboxylic acids is 3. The SMILES string of the molecule is CC(=O)c1ccc(OCC(O)CNCCCCC(CCCCCOC(=O)C2=C(C)N(C)C(C)=C(C(=O)O)C2c2cccc([N+](=O)[O-])c2)NCC(O)COc2ccc(C(C)=O)cc2)cc1.CC1=C(C(=O)O)C(c2cccc([N+](=O)[O-])c2)C(C(=O)O)=C(C)N1C.Cl.Cl. The second-order valence-electron chi connectivity index (χ2n) is 21.5. The van der Waals surface area contributed by atoms with Gasteiger partial charge in [-0.1, -0.05) is 43.5 Å². The number of nitrogens with zero attached hydrogens (tertiary/aromatic N) is 4. The summed E-state index contributed by atoms with van der Waals surface area (Å²) in [6, 6.07) is 24.6. The van der Waals surface area contributed by atoms with Gasteiger partial charge in [-0.15, -0.1) is 24.8 Å². The summed E-state index contributed by atoms with van der Waals surface area (Å²) in [4.78, 5) is 97.4. The number of nitro groups is 2. The first kappa shape index (κ1) is 75.7. The van der Waals surface area contributed by atoms with Crippen molar-refractivity contribution in [3.05, 3.63) is 185 Å². The Hall–Kier alpha value is -8.52. The number of non-ortho nitro benzene ring substituents is 2. The van der Waals surface area contributed by atoms with E-state index < -0.39 is 57.8 Å². The first-order chi connectivity index (χ1) is 41.7. The van der Waals surface area contributed by atoms with E-state index in [1.165, 1.54) is 61.2 Å². The molecule has 488 valence electrons. The van der Waals surface area contributed by atoms with Gasteiger partial charge in [-0.2, -0.15) is 0 Å². The van der Waals surface area contributed by atoms with Crippen LogP contribution >= 0.6 is 24.8 Å². The molecular formula is C64H80Cl2N6O18. The number of Topliss-reactive ketones (excluding diaryl/α,β-unsaturated/α-hetero) is 2. The van der Waals surface area contributed by atoms with Crippen LogP contribution in [0.1, 0.15) is 130 Å². The van der Waals surface area contributed by atoms with Gasteiger partial charge < -0.3 is 60.2 Å². The van der Waals surface area contributed by atoms with Crippen LogP contribution in [0.25, 0.3) is 0 Å². The molecule has 7 N–H and O–H groups in total. The Kier molecular flexibility index (Phi) is 30.5. The lowest BCUT2D eigenvalue weighted by Gasteiger charge is -2.35. The molecule has 0 fully saturated rings. The number of esters is 1. The number of hydrogen-bond acceptors (Lipinski definition) is 19. The Morgan fingerprint density at radius 3 is 1.34 bits per heavy atom. The zero-order chi connectivity index (χ0) is 64.9. The minimum Gasteiger partial charge on any atom is -0.491 e. The van der Waals surface area contributed by atoms with Crippen LogP contribution in [-0.4, -0.2) is 152 Å². The van der Waals surface area contributed by atoms with Gasteiger partial charge in [0, 0.05) is 91.4 Å². The molecule has 4 aromatic carbocycles. The highest BCUT2D eigenvalue weighted by atomic mass is 35.5. The van der Waals surface area contributed by atoms with Gasteiger partial charge in [0.05, 0.1) is 50.6 Å². The molecule has 24 nitrogen and oxygen atoms in total. The van der Waals surface area contributed by atoms with E-state index in [0.717, 1.165) is 38.5 Å². The van der Waals surface area contributed by atoms with Gasteiger partial charge in [-0.3, -0.25) is 29.8 Å². The smallest absolute Gasteiger partial charge is 0.336 e. The zero-order valence-corrected chi connectivity index (χ0v) is 53.1. The number of ether oxygens (including phenoxy) is 3. The first-order valence-electron chi connectivity index (χ1n) is 28.7. The molecule has 6 rings (SSSR count). The summed E-state index contributed by atoms with van der Waals surface area (Å²) in [6.07, 6.45) is 3.84. The summed E-state index contributed by atoms with van der Waals surface area (Å²) in [7, 11) is 3.25. The van der Waals surface area contributed by atoms with E-state index in [4.69, 9.17) is 14.2 Å². The number of nitrogens with one attached hydrogen (secondary N) is 2. The summed E-state index contributed by atoms with van der Waals surface area (Å²) in [5.74, 6) is -5.57. The number of carbonyl (C=O) groups is 6. The Morgan fingerprint density at radius 1 is 0.556 bits per heavy atom. The maximum absolute atomic E-state index is 13.7. The van der Waals surface area contributed by atoms with Crippen molar-refractivity contribution in [3.63, 3.8) is 0 Å². The second kappa shape index (κ2) is 36.2. The molecule has 0 aliphatic carbocycles. The number of aliphatic hydroxyl groups is 2. The van der Waals surface area contributed by atoms with E-state index in [-0.39, 0.29) is 108 Å². The van der Waals surface area contributed by atoms with Crippen LogP contribution in [0, 0.1) is 20.2 Å². The maximum atomic E-state index is 13.7. The monoisotopic (exact) mass is 1290 g/mol. The molecule has 2 heterocycles. The topological polar surface area (TPSA) is 348 Å². The van der Waals surface area contributed by atoms with E-state index in [1.54, 1.807) is 101 Å². The van der Waals surface area contributed by atoms with Crippen LogP contribution in [0.5, 0.6) is 11.5 Å². The average molecular weight is 1290 g/mol. The molecule has 0 bridgehead atoms. The Bertz CT molecular complexity index is 3290. The Morgan fingerprint density at radius 2 is 0.944 bits per heavy atom. The van der Waals surface area contributed by atoms with E-state index in [1.807, 2.05) is 0 Å². The third-order valence-electron chi connectivity index (χ3n) is 15.5. The summed E-state index contributed by atoms with van der Waals surface area (Å²) < 4.78 is 17.1. The van der Waals surface area contributed by atoms with Crippen LogP contribution in [0.15, 0.2) is 142 Å². The predicted molar refractivity (Wildman–Crippen MR) is 339 cm³/mol. The van der Waals surface area contributed by atoms with Crippen molar-refractivity contribution in [1.29, 1.82) is 0 Å². The number of unbranched alkanes of at least 4 members (excludes halogenated alkanes) is 3. The predicted octanol–water partition coefficient (Wildman–Crippen LogP) is 9.55. The summed E-state index contributed by atoms with van der Waals surface area (Å²) in [5, 5.41) is 79.9. The van der Waals surface area contributed by atoms with Gasteiger partial charge in [0.1, 0.15) is 36.9 Å². The van der Waals surface area contributed by atoms with Gasteiger partial charge in [0.15, 0.2) is 11.6 Å². The fraction of sp³-hybridized carbons (Fsp3) is 0.406. The van der Waals surface area contributed by atoms with Crippen LogP contribution in [0.3, 0.4) is 0 Å². The Balaban J connectivity index is 0.000000680. The van der Waals surface area contributed by atoms with Crippen molar-refractivity contribution in [2.45, 2.75) is 117 Å². The maximum Gasteiger partial charge on any atom is 0.336 e. The number of hydrogen-bond donors (Lipinski definition) is 7. The normalized spacial score (nSPS) is 15.1. The highest BCUT2D eigenvalue weighted by Gasteiger charge is 2.41. The van der Waals surface area contributed by atoms with Gasteiger partial charge >= 0.3 is 23.9 Å². The molecule has 0 radical (unpaired) electrons. The highest BCUT2D eigenvalue weighted by Crippen LogP contribution is 2.44. The third-order valence-corrected chi connectivity index (χ3v) is 15.5. The molecule has 2 aliphatic rings. The molecular weight excluding hydrogens is 1210 g/mol. The van der Waals surface area contributed by atoms with Crippen LogP contribution < -0.4 is 20.1 Å². The van der Waals surface area contributed by atoms with E-state index in [2.05, 4.69) is 10.6 Å². The van der Waals surface area contributed by atoms with Crippen molar-refractivity contribution >= 4 is 71.6 Å². The minimum atomic E-state index is -1.26. The number of rotatable bonds is 32. The van der Waals surface area contributed by atoms with E-state index >= 15 is 0 Å². The number of carboxylic acid groups (broad SMARTS) is 3. The fourth-order valence-electron chi connectivity index (χ4n) is 10.3. The summed E-state index contributed by atoms with van der Waals surface area (Å²) >= 11 is 0. The van der Waals surface area contributed by atoms with E-state index in [0.29, 0.717) is 70.5 Å². The van der Waals surface area contributed by atoms with Gasteiger partial charge in [0.2, 0.25) is 0 Å². The van der Waals surface area contributed by atoms with E-state index in [9.17, 15) is 74.5 Å². The van der Waals surface area contributed by atoms with Crippen LogP contribution in [0.2, 0.25) is 0 Å². The van der Waals surface area contributed by atoms with Crippen molar-refractivity contribution in [2.75, 3.05) is 53.6 Å². The molecule has 0 aromatic heterocycles. The average Bonchev–Trinajstić information content (AvgIpc) is 0.772. The number of aliphatic hydroxyl groups excluding tert-OH is 2. The summed E-state index contributed by atoms with van der Waals surface area (Å²) in [5.41, 5.74) is 2.79. The number of allylic oxidation sites excluding steroid dienone is 4. The van der Waals surface area contributed by atoms with Crippen LogP contribution in [0.4, 0.5) is 11.4 Å². The molecule has 0 saturated carbocycles. The molecule has 2 aliphatic heterocycles. The minimum absolute atomic E-state index is 0. The van der Waals surface area contributed by atoms with Crippen LogP contribution in [-0.2, 0) is 23.9 Å². The Labute approximate surface area is 534 Å². The lowest BCUT2D eigenvalue weighted by molar-refractivity contribution is -0.385. The number of carboxylic acids is 3. The van der Waals surface area contributed by atoms with Crippen molar-refractivity contribution in [2.24, 2.45) is 0 Å². The number of halogens is 2. The lowest BCUT2D eigenvalue weighted by Crippen LogP contribution is -2.38. The molecule has 0 spiro atoms. The van der Waals surface area contributed by atoms with Gasteiger partial charge in [-0.25, -0.2) is 19.2 Å². The largest absolute Gasteiger partial charge is 0.491 e. The molecule has 4 atom stereocenters. The van der Waals surface area contributed by atoms with Crippen molar-refractivity contribution < 1.29 is 78.4 Å². The van der Waals surface area contributed by atoms with Gasteiger partial charge in [0.25, 0.3) is 11.4 Å². The molecule has 4 aromatic rings. The quantitative estimate of drug-likeness (QED) is 0.00786. The number of nitro benzene ring substituents is 2. The number of benzene rings is 4. The molecule has 0 amide bonds. The zero-order valence-electron chi connectivity index (χ0n) is 51.5. The highest BCUT2D eigenvalue weighted by molar-refractivity contribution is 6.00. The van der Waals surface area contributed by atoms with Crippen molar-refractivity contribution in [3.8, 4) is 11.5 Å². The van der Waals surface area contributed by atoms with Crippen molar-refractivity contribution in [1.82, 2.24) is 20.4 Å². The molecule has 26 heteroatoms. The molecule has 90 heavy (non-hydrogen) atoms. The van der Waals surface area contributed by atoms with Gasteiger partial charge in [-0.05, 0) is 133 Å². The standard InChI is InChI=1S/C48H62N4O12.C16H16N2O6.2ClH/c1-31-44(47(57)58)46(37-12-11-15-39(26-37)52(60)61)45(32(2)51(31)5)48(59)62-25-10-6-7-13-38(50-28-41(56)30-64-43-22-18-36(19-23-43)34(4)54)14-8-9-24-49-27-40(55)29-63-42-20-16-35(17-21-42)33(3)53;1-8-12(15(19)20)14(13(16(21)22)9(2)17(8)3)10-5-4-6-11(7-10)18(23)24;;/h11-12,15-23,26,38,40-41,46,49-50,55-56H,6-10,13-14,24-25,27-30H2,1-5H3,(H,57,58);4-7,14H,1-3H3,(H,19,20)(H,21,22);2*1H. The fourth-order valence-corrected chi connectivity index (χ4v) is 10.3. The lowest BCUT2D eigenvalue weighted by atomic mass is 9.80.